The molecule has 0 radical (unpaired) electrons. The standard InChI is InChI=1S/C17H30O5S/c1-17(2)12-10-14(17)13(15(11-12)22-23(3,18)19)7-9-21-16-6-4-5-8-20-16/h12-16H,4-11H2,1-3H3/t12?,13-,14?,15+,16?/m1/s1. The number of hydrogen-bond acceptors (Lipinski definition) is 5. The van der Waals surface area contributed by atoms with Gasteiger partial charge in [0.15, 0.2) is 6.29 Å². The average Bonchev–Trinajstić information content (AvgIpc) is 2.47. The minimum absolute atomic E-state index is 0.0798. The summed E-state index contributed by atoms with van der Waals surface area (Å²) >= 11 is 0. The molecule has 4 rings (SSSR count). The van der Waals surface area contributed by atoms with Crippen molar-refractivity contribution < 1.29 is 22.1 Å². The zero-order chi connectivity index (χ0) is 16.7. The van der Waals surface area contributed by atoms with Crippen molar-refractivity contribution in [2.75, 3.05) is 19.5 Å². The Bertz CT molecular complexity index is 509. The maximum atomic E-state index is 11.6. The van der Waals surface area contributed by atoms with Gasteiger partial charge in [-0.05, 0) is 61.7 Å². The van der Waals surface area contributed by atoms with Crippen LogP contribution in [0, 0.1) is 23.2 Å². The second kappa shape index (κ2) is 6.62. The minimum Gasteiger partial charge on any atom is -0.353 e. The Labute approximate surface area is 140 Å². The van der Waals surface area contributed by atoms with E-state index in [1.54, 1.807) is 0 Å². The zero-order valence-electron chi connectivity index (χ0n) is 14.5. The molecule has 5 atom stereocenters. The molecule has 23 heavy (non-hydrogen) atoms. The van der Waals surface area contributed by atoms with Crippen molar-refractivity contribution in [1.82, 2.24) is 0 Å². The van der Waals surface area contributed by atoms with E-state index in [1.165, 1.54) is 6.42 Å². The van der Waals surface area contributed by atoms with Crippen LogP contribution in [-0.4, -0.2) is 40.3 Å². The molecule has 5 nitrogen and oxygen atoms in total. The van der Waals surface area contributed by atoms with E-state index in [0.29, 0.717) is 23.9 Å². The predicted molar refractivity (Wildman–Crippen MR) is 87.4 cm³/mol. The normalized spacial score (nSPS) is 39.7. The molecule has 2 bridgehead atoms. The smallest absolute Gasteiger partial charge is 0.264 e. The zero-order valence-corrected chi connectivity index (χ0v) is 15.3. The lowest BCUT2D eigenvalue weighted by Gasteiger charge is -2.62. The molecule has 6 heteroatoms. The molecule has 0 aromatic carbocycles. The molecule has 3 aliphatic carbocycles. The van der Waals surface area contributed by atoms with Crippen LogP contribution in [0.4, 0.5) is 0 Å². The first-order valence-corrected chi connectivity index (χ1v) is 10.7. The van der Waals surface area contributed by atoms with Gasteiger partial charge in [0.2, 0.25) is 0 Å². The van der Waals surface area contributed by atoms with Gasteiger partial charge in [-0.25, -0.2) is 0 Å². The van der Waals surface area contributed by atoms with Crippen LogP contribution in [0.3, 0.4) is 0 Å². The predicted octanol–water partition coefficient (Wildman–Crippen LogP) is 2.95. The molecule has 0 aromatic rings. The third kappa shape index (κ3) is 3.91. The van der Waals surface area contributed by atoms with Crippen molar-refractivity contribution in [3.8, 4) is 0 Å². The number of fused-ring (bicyclic) bond motifs is 2. The molecule has 0 amide bonds. The van der Waals surface area contributed by atoms with Crippen LogP contribution in [-0.2, 0) is 23.8 Å². The lowest BCUT2D eigenvalue weighted by molar-refractivity contribution is -0.183. The first-order valence-electron chi connectivity index (χ1n) is 8.89. The van der Waals surface area contributed by atoms with E-state index >= 15 is 0 Å². The summed E-state index contributed by atoms with van der Waals surface area (Å²) in [5, 5.41) is 0. The monoisotopic (exact) mass is 346 g/mol. The van der Waals surface area contributed by atoms with Gasteiger partial charge in [0.25, 0.3) is 10.1 Å². The van der Waals surface area contributed by atoms with Gasteiger partial charge in [-0.15, -0.1) is 0 Å². The van der Waals surface area contributed by atoms with E-state index < -0.39 is 10.1 Å². The van der Waals surface area contributed by atoms with Crippen LogP contribution in [0.2, 0.25) is 0 Å². The van der Waals surface area contributed by atoms with Crippen molar-refractivity contribution in [2.45, 2.75) is 64.8 Å². The van der Waals surface area contributed by atoms with Gasteiger partial charge in [-0.1, -0.05) is 13.8 Å². The molecule has 3 saturated carbocycles. The van der Waals surface area contributed by atoms with Gasteiger partial charge in [0.05, 0.1) is 19.0 Å². The fourth-order valence-electron chi connectivity index (χ4n) is 4.80. The Hall–Kier alpha value is -0.170. The van der Waals surface area contributed by atoms with Crippen LogP contribution >= 0.6 is 0 Å². The van der Waals surface area contributed by atoms with Crippen molar-refractivity contribution >= 4 is 10.1 Å². The largest absolute Gasteiger partial charge is 0.353 e. The highest BCUT2D eigenvalue weighted by Gasteiger charge is 2.58. The molecule has 1 heterocycles. The maximum absolute atomic E-state index is 11.6. The van der Waals surface area contributed by atoms with Gasteiger partial charge in [-0.2, -0.15) is 8.42 Å². The molecule has 1 saturated heterocycles. The van der Waals surface area contributed by atoms with Gasteiger partial charge in [0.1, 0.15) is 0 Å². The first kappa shape index (κ1) is 17.6. The lowest BCUT2D eigenvalue weighted by atomic mass is 9.44. The average molecular weight is 346 g/mol. The molecule has 4 fully saturated rings. The van der Waals surface area contributed by atoms with E-state index in [4.69, 9.17) is 13.7 Å². The highest BCUT2D eigenvalue weighted by atomic mass is 32.2. The minimum atomic E-state index is -3.41. The molecule has 0 N–H and O–H groups in total. The van der Waals surface area contributed by atoms with E-state index in [9.17, 15) is 8.42 Å². The molecule has 1 aliphatic heterocycles. The third-order valence-corrected chi connectivity index (χ3v) is 6.85. The quantitative estimate of drug-likeness (QED) is 0.692. The summed E-state index contributed by atoms with van der Waals surface area (Å²) in [5.74, 6) is 1.37. The van der Waals surface area contributed by atoms with Crippen molar-refractivity contribution in [3.63, 3.8) is 0 Å². The Morgan fingerprint density at radius 3 is 2.61 bits per heavy atom. The van der Waals surface area contributed by atoms with Crippen LogP contribution in [0.25, 0.3) is 0 Å². The van der Waals surface area contributed by atoms with E-state index in [2.05, 4.69) is 13.8 Å². The van der Waals surface area contributed by atoms with Crippen LogP contribution < -0.4 is 0 Å². The Morgan fingerprint density at radius 2 is 2.00 bits per heavy atom. The topological polar surface area (TPSA) is 61.8 Å². The highest BCUT2D eigenvalue weighted by molar-refractivity contribution is 7.86. The maximum Gasteiger partial charge on any atom is 0.264 e. The Kier molecular flexibility index (Phi) is 5.08. The summed E-state index contributed by atoms with van der Waals surface area (Å²) < 4.78 is 40.0. The summed E-state index contributed by atoms with van der Waals surface area (Å²) in [6.07, 6.45) is 7.02. The molecule has 134 valence electrons. The van der Waals surface area contributed by atoms with Crippen molar-refractivity contribution in [2.24, 2.45) is 23.2 Å². The van der Waals surface area contributed by atoms with Crippen LogP contribution in [0.1, 0.15) is 52.4 Å². The van der Waals surface area contributed by atoms with Crippen LogP contribution in [0.15, 0.2) is 0 Å². The van der Waals surface area contributed by atoms with Crippen molar-refractivity contribution in [3.05, 3.63) is 0 Å². The summed E-state index contributed by atoms with van der Waals surface area (Å²) in [5.41, 5.74) is 0.295. The number of rotatable bonds is 6. The summed E-state index contributed by atoms with van der Waals surface area (Å²) in [7, 11) is -3.41. The molecule has 0 spiro atoms. The molecule has 3 unspecified atom stereocenters. The number of ether oxygens (including phenoxy) is 2. The second-order valence-corrected chi connectivity index (χ2v) is 9.66. The van der Waals surface area contributed by atoms with Crippen LogP contribution in [0.5, 0.6) is 0 Å². The first-order chi connectivity index (χ1) is 10.8. The third-order valence-electron chi connectivity index (χ3n) is 6.25. The highest BCUT2D eigenvalue weighted by Crippen LogP contribution is 2.62. The number of hydrogen-bond donors (Lipinski definition) is 0. The Morgan fingerprint density at radius 1 is 1.22 bits per heavy atom. The fourth-order valence-corrected chi connectivity index (χ4v) is 5.47. The van der Waals surface area contributed by atoms with Gasteiger partial charge in [0, 0.05) is 6.61 Å². The molecular formula is C17H30O5S. The second-order valence-electron chi connectivity index (χ2n) is 8.05. The van der Waals surface area contributed by atoms with Gasteiger partial charge in [-0.3, -0.25) is 4.18 Å². The SMILES string of the molecule is CC1(C)C2CC1[C@@H](CCOC1CCCCO1)[C@@H](OS(C)(=O)=O)C2. The summed E-state index contributed by atoms with van der Waals surface area (Å²) in [6.45, 7) is 6.02. The van der Waals surface area contributed by atoms with Crippen molar-refractivity contribution in [1.29, 1.82) is 0 Å². The van der Waals surface area contributed by atoms with Gasteiger partial charge >= 0.3 is 0 Å². The molecule has 0 aromatic heterocycles. The summed E-state index contributed by atoms with van der Waals surface area (Å²) in [6, 6.07) is 0. The fraction of sp³-hybridized carbons (Fsp3) is 1.00. The van der Waals surface area contributed by atoms with E-state index in [0.717, 1.165) is 45.0 Å². The lowest BCUT2D eigenvalue weighted by Crippen LogP contribution is -2.58. The summed E-state index contributed by atoms with van der Waals surface area (Å²) in [4.78, 5) is 0. The van der Waals surface area contributed by atoms with E-state index in [-0.39, 0.29) is 18.3 Å². The van der Waals surface area contributed by atoms with Gasteiger partial charge < -0.3 is 9.47 Å². The van der Waals surface area contributed by atoms with E-state index in [1.807, 2.05) is 0 Å². The molecular weight excluding hydrogens is 316 g/mol. The Balaban J connectivity index is 1.58. The molecule has 4 aliphatic rings.